The van der Waals surface area contributed by atoms with Crippen LogP contribution >= 0.6 is 0 Å². The number of hydrogen-bond donors (Lipinski definition) is 1. The highest BCUT2D eigenvalue weighted by Crippen LogP contribution is 2.36. The summed E-state index contributed by atoms with van der Waals surface area (Å²) in [6.45, 7) is 1.90. The molecule has 1 N–H and O–H groups in total. The Morgan fingerprint density at radius 1 is 1.16 bits per heavy atom. The second kappa shape index (κ2) is 9.91. The lowest BCUT2D eigenvalue weighted by atomic mass is 9.93. The molecule has 0 spiro atoms. The van der Waals surface area contributed by atoms with Crippen molar-refractivity contribution in [1.82, 2.24) is 5.32 Å². The second-order valence-corrected chi connectivity index (χ2v) is 7.44. The van der Waals surface area contributed by atoms with Crippen LogP contribution in [0.1, 0.15) is 24.3 Å². The lowest BCUT2D eigenvalue weighted by Gasteiger charge is -2.48. The average molecular weight is 424 g/mol. The summed E-state index contributed by atoms with van der Waals surface area (Å²) in [6.07, 6.45) is -2.58. The first-order valence-electron chi connectivity index (χ1n) is 10.1. The van der Waals surface area contributed by atoms with Crippen LogP contribution in [0.2, 0.25) is 0 Å². The van der Waals surface area contributed by atoms with Crippen LogP contribution in [0.3, 0.4) is 0 Å². The van der Waals surface area contributed by atoms with E-state index in [2.05, 4.69) is 15.3 Å². The molecule has 1 amide bonds. The third kappa shape index (κ3) is 5.04. The Kier molecular flexibility index (Phi) is 6.81. The fraction of sp³-hybridized carbons (Fsp3) is 0.409. The summed E-state index contributed by atoms with van der Waals surface area (Å²) in [5, 5.41) is 6.78. The van der Waals surface area contributed by atoms with Gasteiger partial charge in [-0.15, -0.1) is 0 Å². The van der Waals surface area contributed by atoms with Gasteiger partial charge in [-0.2, -0.15) is 0 Å². The number of fused-ring (bicyclic) bond motifs is 1. The molecule has 2 aromatic rings. The van der Waals surface area contributed by atoms with E-state index in [9.17, 15) is 10.3 Å². The van der Waals surface area contributed by atoms with Gasteiger partial charge in [0, 0.05) is 17.4 Å². The quantitative estimate of drug-likeness (QED) is 0.434. The molecule has 31 heavy (non-hydrogen) atoms. The second-order valence-electron chi connectivity index (χ2n) is 7.44. The summed E-state index contributed by atoms with van der Waals surface area (Å²) in [5.74, 6) is -0.287. The zero-order valence-corrected chi connectivity index (χ0v) is 17.0. The third-order valence-electron chi connectivity index (χ3n) is 5.25. The maximum atomic E-state index is 11.9. The van der Waals surface area contributed by atoms with Crippen LogP contribution in [-0.4, -0.2) is 43.1 Å². The van der Waals surface area contributed by atoms with Crippen molar-refractivity contribution in [2.24, 2.45) is 5.11 Å². The van der Waals surface area contributed by atoms with Gasteiger partial charge in [-0.25, -0.2) is 0 Å². The fourth-order valence-electron chi connectivity index (χ4n) is 3.85. The molecule has 162 valence electrons. The van der Waals surface area contributed by atoms with Crippen molar-refractivity contribution in [1.29, 1.82) is 0 Å². The summed E-state index contributed by atoms with van der Waals surface area (Å²) in [6, 6.07) is 17.6. The Bertz CT molecular complexity index is 922. The van der Waals surface area contributed by atoms with Crippen molar-refractivity contribution in [3.8, 4) is 0 Å². The minimum Gasteiger partial charge on any atom is -0.348 e. The SMILES string of the molecule is CC(=O)N[C@H]1[C@H](OCc2ccccc2)O[C@@H]2COC(c3ccccc3)O[C@H]2[C@@H]1N=[N+]=[N-]. The van der Waals surface area contributed by atoms with E-state index in [1.54, 1.807) is 0 Å². The molecular weight excluding hydrogens is 400 g/mol. The number of azide groups is 1. The molecule has 2 aliphatic heterocycles. The number of hydrogen-bond acceptors (Lipinski definition) is 6. The van der Waals surface area contributed by atoms with Gasteiger partial charge in [-0.1, -0.05) is 65.8 Å². The average Bonchev–Trinajstić information content (AvgIpc) is 2.80. The number of benzene rings is 2. The number of rotatable bonds is 6. The molecule has 0 aromatic heterocycles. The van der Waals surface area contributed by atoms with Crippen LogP contribution in [-0.2, 0) is 30.3 Å². The van der Waals surface area contributed by atoms with Gasteiger partial charge in [0.15, 0.2) is 12.6 Å². The van der Waals surface area contributed by atoms with Gasteiger partial charge in [0.25, 0.3) is 0 Å². The van der Waals surface area contributed by atoms with Gasteiger partial charge in [-0.3, -0.25) is 4.79 Å². The minimum absolute atomic E-state index is 0.236. The molecule has 2 heterocycles. The van der Waals surface area contributed by atoms with Gasteiger partial charge < -0.3 is 24.3 Å². The molecule has 2 aliphatic rings. The Labute approximate surface area is 179 Å². The Morgan fingerprint density at radius 2 is 1.87 bits per heavy atom. The van der Waals surface area contributed by atoms with Crippen molar-refractivity contribution < 1.29 is 23.7 Å². The molecule has 2 saturated heterocycles. The standard InChI is InChI=1S/C22H24N4O5/c1-14(27)24-19-18(25-26-23)20-17(13-29-21(31-20)16-10-6-3-7-11-16)30-22(19)28-12-15-8-4-2-5-9-15/h2-11,17-22H,12-13H2,1H3,(H,24,27)/t17-,18-,19-,20-,21?,22-/m1/s1. The van der Waals surface area contributed by atoms with Crippen LogP contribution in [0.4, 0.5) is 0 Å². The first kappa shape index (κ1) is 21.3. The molecular formula is C22H24N4O5. The monoisotopic (exact) mass is 424 g/mol. The molecule has 0 saturated carbocycles. The molecule has 0 radical (unpaired) electrons. The lowest BCUT2D eigenvalue weighted by molar-refractivity contribution is -0.327. The van der Waals surface area contributed by atoms with Crippen molar-refractivity contribution in [2.45, 2.75) is 50.4 Å². The van der Waals surface area contributed by atoms with E-state index in [0.29, 0.717) is 0 Å². The summed E-state index contributed by atoms with van der Waals surface area (Å²) in [5.41, 5.74) is 11.0. The molecule has 2 fully saturated rings. The Hall–Kier alpha value is -2.94. The highest BCUT2D eigenvalue weighted by Gasteiger charge is 2.50. The van der Waals surface area contributed by atoms with Gasteiger partial charge in [0.1, 0.15) is 12.2 Å². The van der Waals surface area contributed by atoms with E-state index in [-0.39, 0.29) is 19.1 Å². The molecule has 9 heteroatoms. The number of carbonyl (C=O) groups excluding carboxylic acids is 1. The lowest BCUT2D eigenvalue weighted by Crippen LogP contribution is -2.65. The highest BCUT2D eigenvalue weighted by molar-refractivity contribution is 5.73. The fourth-order valence-corrected chi connectivity index (χ4v) is 3.85. The third-order valence-corrected chi connectivity index (χ3v) is 5.25. The molecule has 0 aliphatic carbocycles. The predicted molar refractivity (Wildman–Crippen MR) is 110 cm³/mol. The van der Waals surface area contributed by atoms with Crippen LogP contribution in [0.25, 0.3) is 10.4 Å². The van der Waals surface area contributed by atoms with Gasteiger partial charge in [0.2, 0.25) is 5.91 Å². The van der Waals surface area contributed by atoms with E-state index in [0.717, 1.165) is 11.1 Å². The van der Waals surface area contributed by atoms with E-state index < -0.39 is 36.9 Å². The van der Waals surface area contributed by atoms with E-state index in [1.165, 1.54) is 6.92 Å². The molecule has 6 atom stereocenters. The van der Waals surface area contributed by atoms with Crippen LogP contribution in [0.15, 0.2) is 65.8 Å². The predicted octanol–water partition coefficient (Wildman–Crippen LogP) is 3.23. The van der Waals surface area contributed by atoms with Crippen LogP contribution in [0.5, 0.6) is 0 Å². The van der Waals surface area contributed by atoms with E-state index in [1.807, 2.05) is 60.7 Å². The topological polar surface area (TPSA) is 115 Å². The zero-order chi connectivity index (χ0) is 21.6. The summed E-state index contributed by atoms with van der Waals surface area (Å²) in [7, 11) is 0. The molecule has 2 aromatic carbocycles. The summed E-state index contributed by atoms with van der Waals surface area (Å²) < 4.78 is 24.1. The first-order chi connectivity index (χ1) is 15.2. The zero-order valence-electron chi connectivity index (χ0n) is 17.0. The summed E-state index contributed by atoms with van der Waals surface area (Å²) in [4.78, 5) is 14.9. The molecule has 0 bridgehead atoms. The minimum atomic E-state index is -0.832. The number of nitrogens with one attached hydrogen (secondary N) is 1. The Balaban J connectivity index is 1.56. The number of ether oxygens (including phenoxy) is 4. The van der Waals surface area contributed by atoms with Gasteiger partial charge in [-0.05, 0) is 11.1 Å². The van der Waals surface area contributed by atoms with Gasteiger partial charge in [0.05, 0.1) is 25.3 Å². The van der Waals surface area contributed by atoms with Gasteiger partial charge >= 0.3 is 0 Å². The maximum absolute atomic E-state index is 11.9. The number of amides is 1. The van der Waals surface area contributed by atoms with Crippen LogP contribution < -0.4 is 5.32 Å². The van der Waals surface area contributed by atoms with Crippen molar-refractivity contribution in [3.63, 3.8) is 0 Å². The van der Waals surface area contributed by atoms with Crippen molar-refractivity contribution >= 4 is 5.91 Å². The van der Waals surface area contributed by atoms with E-state index in [4.69, 9.17) is 18.9 Å². The highest BCUT2D eigenvalue weighted by atomic mass is 16.7. The van der Waals surface area contributed by atoms with Crippen LogP contribution in [0, 0.1) is 0 Å². The smallest absolute Gasteiger partial charge is 0.217 e. The maximum Gasteiger partial charge on any atom is 0.217 e. The number of carbonyl (C=O) groups is 1. The normalized spacial score (nSPS) is 30.0. The van der Waals surface area contributed by atoms with Crippen molar-refractivity contribution in [3.05, 3.63) is 82.2 Å². The molecule has 9 nitrogen and oxygen atoms in total. The van der Waals surface area contributed by atoms with Crippen molar-refractivity contribution in [2.75, 3.05) is 6.61 Å². The molecule has 1 unspecified atom stereocenters. The Morgan fingerprint density at radius 3 is 2.55 bits per heavy atom. The number of nitrogens with zero attached hydrogens (tertiary/aromatic N) is 3. The molecule has 4 rings (SSSR count). The van der Waals surface area contributed by atoms with E-state index >= 15 is 0 Å². The summed E-state index contributed by atoms with van der Waals surface area (Å²) >= 11 is 0. The largest absolute Gasteiger partial charge is 0.348 e. The first-order valence-corrected chi connectivity index (χ1v) is 10.1.